The maximum atomic E-state index is 6.19. The summed E-state index contributed by atoms with van der Waals surface area (Å²) in [6.07, 6.45) is 0. The third-order valence-corrected chi connectivity index (χ3v) is 3.73. The lowest BCUT2D eigenvalue weighted by molar-refractivity contribution is 0.173. The highest BCUT2D eigenvalue weighted by Gasteiger charge is 2.14. The lowest BCUT2D eigenvalue weighted by Gasteiger charge is -2.15. The molecule has 1 atom stereocenters. The topological polar surface area (TPSA) is 53.7 Å². The molecule has 0 bridgehead atoms. The molecular formula is C17H19NO3. The van der Waals surface area contributed by atoms with E-state index in [1.165, 1.54) is 11.1 Å². The normalized spacial score (nSPS) is 14.0. The van der Waals surface area contributed by atoms with E-state index in [0.717, 1.165) is 17.1 Å². The van der Waals surface area contributed by atoms with Gasteiger partial charge in [0.2, 0.25) is 6.79 Å². The summed E-state index contributed by atoms with van der Waals surface area (Å²) in [5.74, 6) is 2.20. The quantitative estimate of drug-likeness (QED) is 0.937. The molecule has 2 aromatic carbocycles. The average molecular weight is 285 g/mol. The maximum Gasteiger partial charge on any atom is 0.231 e. The number of fused-ring (bicyclic) bond motifs is 1. The van der Waals surface area contributed by atoms with Gasteiger partial charge in [0.25, 0.3) is 0 Å². The van der Waals surface area contributed by atoms with Crippen LogP contribution in [0, 0.1) is 13.8 Å². The van der Waals surface area contributed by atoms with Crippen molar-refractivity contribution in [1.82, 2.24) is 0 Å². The van der Waals surface area contributed by atoms with Crippen LogP contribution < -0.4 is 19.9 Å². The number of aryl methyl sites for hydroxylation is 2. The van der Waals surface area contributed by atoms with E-state index in [4.69, 9.17) is 19.9 Å². The van der Waals surface area contributed by atoms with Gasteiger partial charge in [0.05, 0.1) is 6.04 Å². The van der Waals surface area contributed by atoms with Crippen LogP contribution in [-0.4, -0.2) is 13.4 Å². The Morgan fingerprint density at radius 1 is 1.05 bits per heavy atom. The summed E-state index contributed by atoms with van der Waals surface area (Å²) >= 11 is 0. The Morgan fingerprint density at radius 3 is 2.67 bits per heavy atom. The van der Waals surface area contributed by atoms with Gasteiger partial charge in [-0.2, -0.15) is 0 Å². The van der Waals surface area contributed by atoms with Crippen molar-refractivity contribution in [3.05, 3.63) is 53.1 Å². The predicted octanol–water partition coefficient (Wildman–Crippen LogP) is 3.11. The van der Waals surface area contributed by atoms with E-state index in [2.05, 4.69) is 32.0 Å². The molecule has 3 rings (SSSR count). The van der Waals surface area contributed by atoms with E-state index in [9.17, 15) is 0 Å². The molecule has 2 aromatic rings. The monoisotopic (exact) mass is 285 g/mol. The molecule has 1 unspecified atom stereocenters. The van der Waals surface area contributed by atoms with E-state index in [-0.39, 0.29) is 12.8 Å². The molecule has 1 aliphatic rings. The first-order valence-electron chi connectivity index (χ1n) is 6.98. The molecule has 2 N–H and O–H groups in total. The van der Waals surface area contributed by atoms with Crippen LogP contribution in [0.1, 0.15) is 22.7 Å². The Bertz CT molecular complexity index is 654. The van der Waals surface area contributed by atoms with Crippen molar-refractivity contribution in [2.75, 3.05) is 13.4 Å². The van der Waals surface area contributed by atoms with Crippen molar-refractivity contribution in [3.8, 4) is 17.2 Å². The number of ether oxygens (including phenoxy) is 3. The molecule has 0 aliphatic carbocycles. The Labute approximate surface area is 124 Å². The van der Waals surface area contributed by atoms with Crippen LogP contribution in [0.2, 0.25) is 0 Å². The second-order valence-electron chi connectivity index (χ2n) is 5.28. The molecule has 0 saturated carbocycles. The molecule has 4 nitrogen and oxygen atoms in total. The van der Waals surface area contributed by atoms with Gasteiger partial charge in [-0.15, -0.1) is 0 Å². The standard InChI is InChI=1S/C17H19NO3/c1-11-3-4-13(7-12(11)2)15(18)9-19-14-5-6-16-17(8-14)21-10-20-16/h3-8,15H,9-10,18H2,1-2H3. The molecule has 4 heteroatoms. The SMILES string of the molecule is Cc1ccc(C(N)COc2ccc3c(c2)OCO3)cc1C. The third kappa shape index (κ3) is 2.95. The van der Waals surface area contributed by atoms with Crippen molar-refractivity contribution in [1.29, 1.82) is 0 Å². The van der Waals surface area contributed by atoms with Gasteiger partial charge in [0.15, 0.2) is 11.5 Å². The molecule has 0 aromatic heterocycles. The zero-order valence-corrected chi connectivity index (χ0v) is 12.3. The minimum atomic E-state index is -0.158. The Morgan fingerprint density at radius 2 is 1.86 bits per heavy atom. The zero-order chi connectivity index (χ0) is 14.8. The summed E-state index contributed by atoms with van der Waals surface area (Å²) in [4.78, 5) is 0. The minimum Gasteiger partial charge on any atom is -0.491 e. The van der Waals surface area contributed by atoms with Crippen LogP contribution in [-0.2, 0) is 0 Å². The molecule has 1 aliphatic heterocycles. The van der Waals surface area contributed by atoms with Crippen LogP contribution in [0.15, 0.2) is 36.4 Å². The van der Waals surface area contributed by atoms with Crippen LogP contribution in [0.4, 0.5) is 0 Å². The molecule has 0 fully saturated rings. The van der Waals surface area contributed by atoms with Crippen LogP contribution >= 0.6 is 0 Å². The number of nitrogens with two attached hydrogens (primary N) is 1. The van der Waals surface area contributed by atoms with Crippen molar-refractivity contribution >= 4 is 0 Å². The van der Waals surface area contributed by atoms with E-state index < -0.39 is 0 Å². The van der Waals surface area contributed by atoms with Crippen molar-refractivity contribution in [3.63, 3.8) is 0 Å². The first-order valence-corrected chi connectivity index (χ1v) is 6.98. The van der Waals surface area contributed by atoms with Crippen molar-refractivity contribution in [2.24, 2.45) is 5.73 Å². The molecular weight excluding hydrogens is 266 g/mol. The van der Waals surface area contributed by atoms with E-state index in [0.29, 0.717) is 12.4 Å². The smallest absolute Gasteiger partial charge is 0.231 e. The molecule has 0 spiro atoms. The van der Waals surface area contributed by atoms with Gasteiger partial charge in [0, 0.05) is 6.07 Å². The lowest BCUT2D eigenvalue weighted by Crippen LogP contribution is -2.19. The van der Waals surface area contributed by atoms with E-state index in [1.54, 1.807) is 0 Å². The largest absolute Gasteiger partial charge is 0.491 e. The summed E-state index contributed by atoms with van der Waals surface area (Å²) in [6.45, 7) is 4.86. The highest BCUT2D eigenvalue weighted by molar-refractivity contribution is 5.46. The van der Waals surface area contributed by atoms with Gasteiger partial charge >= 0.3 is 0 Å². The summed E-state index contributed by atoms with van der Waals surface area (Å²) < 4.78 is 16.4. The Hall–Kier alpha value is -2.20. The molecule has 0 amide bonds. The first-order chi connectivity index (χ1) is 10.1. The molecule has 0 radical (unpaired) electrons. The van der Waals surface area contributed by atoms with Gasteiger partial charge in [-0.25, -0.2) is 0 Å². The second-order valence-corrected chi connectivity index (χ2v) is 5.28. The number of benzene rings is 2. The summed E-state index contributed by atoms with van der Waals surface area (Å²) in [5, 5.41) is 0. The molecule has 0 saturated heterocycles. The van der Waals surface area contributed by atoms with Gasteiger partial charge < -0.3 is 19.9 Å². The fourth-order valence-electron chi connectivity index (χ4n) is 2.24. The molecule has 21 heavy (non-hydrogen) atoms. The van der Waals surface area contributed by atoms with Gasteiger partial charge in [-0.3, -0.25) is 0 Å². The second kappa shape index (κ2) is 5.66. The molecule has 1 heterocycles. The first kappa shape index (κ1) is 13.8. The average Bonchev–Trinajstić information content (AvgIpc) is 2.95. The maximum absolute atomic E-state index is 6.19. The highest BCUT2D eigenvalue weighted by Crippen LogP contribution is 2.35. The summed E-state index contributed by atoms with van der Waals surface area (Å²) in [7, 11) is 0. The van der Waals surface area contributed by atoms with Crippen LogP contribution in [0.5, 0.6) is 17.2 Å². The fourth-order valence-corrected chi connectivity index (χ4v) is 2.24. The number of hydrogen-bond donors (Lipinski definition) is 1. The van der Waals surface area contributed by atoms with Gasteiger partial charge in [-0.05, 0) is 42.7 Å². The Balaban J connectivity index is 1.65. The van der Waals surface area contributed by atoms with E-state index in [1.807, 2.05) is 18.2 Å². The van der Waals surface area contributed by atoms with E-state index >= 15 is 0 Å². The van der Waals surface area contributed by atoms with Crippen LogP contribution in [0.3, 0.4) is 0 Å². The van der Waals surface area contributed by atoms with Crippen LogP contribution in [0.25, 0.3) is 0 Å². The minimum absolute atomic E-state index is 0.158. The number of hydrogen-bond acceptors (Lipinski definition) is 4. The van der Waals surface area contributed by atoms with Crippen molar-refractivity contribution in [2.45, 2.75) is 19.9 Å². The third-order valence-electron chi connectivity index (χ3n) is 3.73. The highest BCUT2D eigenvalue weighted by atomic mass is 16.7. The summed E-state index contributed by atoms with van der Waals surface area (Å²) in [5.41, 5.74) is 9.78. The lowest BCUT2D eigenvalue weighted by atomic mass is 10.0. The Kier molecular flexibility index (Phi) is 3.71. The fraction of sp³-hybridized carbons (Fsp3) is 0.294. The van der Waals surface area contributed by atoms with Gasteiger partial charge in [-0.1, -0.05) is 18.2 Å². The zero-order valence-electron chi connectivity index (χ0n) is 12.3. The van der Waals surface area contributed by atoms with Crippen molar-refractivity contribution < 1.29 is 14.2 Å². The number of rotatable bonds is 4. The molecule has 110 valence electrons. The van der Waals surface area contributed by atoms with Gasteiger partial charge in [0.1, 0.15) is 12.4 Å². The predicted molar refractivity (Wildman–Crippen MR) is 80.9 cm³/mol. The summed E-state index contributed by atoms with van der Waals surface area (Å²) in [6, 6.07) is 11.6.